The number of carbonyl (C=O) groups is 1. The number of halogens is 1. The molecule has 0 bridgehead atoms. The zero-order valence-corrected chi connectivity index (χ0v) is 11.7. The number of nitriles is 1. The second kappa shape index (κ2) is 5.29. The van der Waals surface area contributed by atoms with Crippen LogP contribution in [0.25, 0.3) is 6.08 Å². The first-order valence-electron chi connectivity index (χ1n) is 5.27. The van der Waals surface area contributed by atoms with E-state index >= 15 is 0 Å². The predicted octanol–water partition coefficient (Wildman–Crippen LogP) is 3.97. The summed E-state index contributed by atoms with van der Waals surface area (Å²) in [5, 5.41) is 9.06. The van der Waals surface area contributed by atoms with Crippen molar-refractivity contribution in [2.24, 2.45) is 5.41 Å². The first kappa shape index (κ1) is 13.7. The zero-order valence-electron chi connectivity index (χ0n) is 10.1. The van der Waals surface area contributed by atoms with Gasteiger partial charge in [0, 0.05) is 9.89 Å². The van der Waals surface area contributed by atoms with Crippen LogP contribution >= 0.6 is 15.9 Å². The summed E-state index contributed by atoms with van der Waals surface area (Å²) < 4.78 is 0.870. The molecule has 2 nitrogen and oxygen atoms in total. The first-order valence-corrected chi connectivity index (χ1v) is 6.06. The maximum absolute atomic E-state index is 12.0. The van der Waals surface area contributed by atoms with Crippen LogP contribution in [0.2, 0.25) is 0 Å². The van der Waals surface area contributed by atoms with Gasteiger partial charge in [-0.15, -0.1) is 0 Å². The quantitative estimate of drug-likeness (QED) is 0.611. The van der Waals surface area contributed by atoms with Crippen LogP contribution in [0.1, 0.15) is 26.3 Å². The van der Waals surface area contributed by atoms with Crippen LogP contribution < -0.4 is 0 Å². The Kier molecular flexibility index (Phi) is 4.25. The van der Waals surface area contributed by atoms with Gasteiger partial charge in [0.15, 0.2) is 5.78 Å². The number of hydrogen-bond acceptors (Lipinski definition) is 2. The van der Waals surface area contributed by atoms with E-state index in [0.717, 1.165) is 10.0 Å². The summed E-state index contributed by atoms with van der Waals surface area (Å²) >= 11 is 3.39. The molecule has 0 aliphatic rings. The van der Waals surface area contributed by atoms with E-state index in [1.807, 2.05) is 30.3 Å². The van der Waals surface area contributed by atoms with Crippen LogP contribution in [-0.4, -0.2) is 5.78 Å². The van der Waals surface area contributed by atoms with Gasteiger partial charge in [-0.05, 0) is 17.7 Å². The number of allylic oxidation sites excluding steroid dienone is 1. The molecule has 0 heterocycles. The summed E-state index contributed by atoms with van der Waals surface area (Å²) in [6.07, 6.45) is 1.62. The van der Waals surface area contributed by atoms with Gasteiger partial charge in [0.1, 0.15) is 6.07 Å². The minimum Gasteiger partial charge on any atom is -0.293 e. The third-order valence-corrected chi connectivity index (χ3v) is 2.97. The Morgan fingerprint density at radius 1 is 1.35 bits per heavy atom. The fourth-order valence-corrected chi connectivity index (χ4v) is 1.70. The lowest BCUT2D eigenvalue weighted by molar-refractivity contribution is -0.121. The number of nitrogens with zero attached hydrogens (tertiary/aromatic N) is 1. The molecule has 0 aromatic heterocycles. The van der Waals surface area contributed by atoms with E-state index in [0.29, 0.717) is 0 Å². The molecule has 0 saturated carbocycles. The molecule has 88 valence electrons. The molecule has 1 aromatic rings. The summed E-state index contributed by atoms with van der Waals surface area (Å²) in [7, 11) is 0. The van der Waals surface area contributed by atoms with Crippen molar-refractivity contribution in [1.82, 2.24) is 0 Å². The lowest BCUT2D eigenvalue weighted by Gasteiger charge is -2.15. The number of rotatable bonds is 2. The Bertz CT molecular complexity index is 504. The van der Waals surface area contributed by atoms with Crippen LogP contribution in [0.15, 0.2) is 34.3 Å². The first-order chi connectivity index (χ1) is 7.86. The molecule has 17 heavy (non-hydrogen) atoms. The fourth-order valence-electron chi connectivity index (χ4n) is 1.30. The second-order valence-electron chi connectivity index (χ2n) is 4.77. The minimum atomic E-state index is -0.539. The Morgan fingerprint density at radius 3 is 2.41 bits per heavy atom. The van der Waals surface area contributed by atoms with Crippen molar-refractivity contribution < 1.29 is 4.79 Å². The van der Waals surface area contributed by atoms with E-state index in [-0.39, 0.29) is 11.4 Å². The van der Waals surface area contributed by atoms with Gasteiger partial charge >= 0.3 is 0 Å². The van der Waals surface area contributed by atoms with E-state index in [9.17, 15) is 4.79 Å². The fraction of sp³-hybridized carbons (Fsp3) is 0.286. The molecule has 0 saturated heterocycles. The Hall–Kier alpha value is -1.40. The van der Waals surface area contributed by atoms with Gasteiger partial charge < -0.3 is 0 Å². The Balaban J connectivity index is 3.18. The van der Waals surface area contributed by atoms with Crippen molar-refractivity contribution in [3.8, 4) is 6.07 Å². The molecule has 1 aromatic carbocycles. The average Bonchev–Trinajstić information content (AvgIpc) is 2.26. The third-order valence-electron chi connectivity index (χ3n) is 2.25. The van der Waals surface area contributed by atoms with Gasteiger partial charge in [-0.1, -0.05) is 54.9 Å². The summed E-state index contributed by atoms with van der Waals surface area (Å²) in [6.45, 7) is 5.42. The van der Waals surface area contributed by atoms with Crippen molar-refractivity contribution in [2.45, 2.75) is 20.8 Å². The molecular weight excluding hydrogens is 278 g/mol. The minimum absolute atomic E-state index is 0.143. The van der Waals surface area contributed by atoms with Crippen LogP contribution in [0.4, 0.5) is 0 Å². The monoisotopic (exact) mass is 291 g/mol. The number of Topliss-reactive ketones (excluding diaryl/α,β-unsaturated/α-hetero) is 1. The number of hydrogen-bond donors (Lipinski definition) is 0. The van der Waals surface area contributed by atoms with Gasteiger partial charge in [-0.3, -0.25) is 4.79 Å². The standard InChI is InChI=1S/C14H14BrNO/c1-14(2,3)13(17)11(9-16)8-10-6-4-5-7-12(10)15/h4-8H,1-3H3. The van der Waals surface area contributed by atoms with E-state index in [1.165, 1.54) is 0 Å². The molecule has 3 heteroatoms. The highest BCUT2D eigenvalue weighted by atomic mass is 79.9. The van der Waals surface area contributed by atoms with Crippen LogP contribution in [-0.2, 0) is 4.79 Å². The molecule has 0 N–H and O–H groups in total. The smallest absolute Gasteiger partial charge is 0.178 e. The molecule has 0 fully saturated rings. The number of carbonyl (C=O) groups excluding carboxylic acids is 1. The molecular formula is C14H14BrNO. The topological polar surface area (TPSA) is 40.9 Å². The van der Waals surface area contributed by atoms with E-state index in [1.54, 1.807) is 26.8 Å². The Morgan fingerprint density at radius 2 is 1.94 bits per heavy atom. The summed E-state index contributed by atoms with van der Waals surface area (Å²) in [4.78, 5) is 12.0. The highest BCUT2D eigenvalue weighted by molar-refractivity contribution is 9.10. The second-order valence-corrected chi connectivity index (χ2v) is 5.62. The molecule has 0 unspecified atom stereocenters. The van der Waals surface area contributed by atoms with Crippen LogP contribution in [0, 0.1) is 16.7 Å². The lowest BCUT2D eigenvalue weighted by Crippen LogP contribution is -2.21. The van der Waals surface area contributed by atoms with Gasteiger partial charge in [-0.25, -0.2) is 0 Å². The van der Waals surface area contributed by atoms with Crippen molar-refractivity contribution in [3.05, 3.63) is 39.9 Å². The van der Waals surface area contributed by atoms with Crippen LogP contribution in [0.3, 0.4) is 0 Å². The highest BCUT2D eigenvalue weighted by Crippen LogP contribution is 2.24. The molecule has 0 atom stereocenters. The summed E-state index contributed by atoms with van der Waals surface area (Å²) in [5.74, 6) is -0.143. The lowest BCUT2D eigenvalue weighted by atomic mass is 9.86. The normalized spacial score (nSPS) is 12.1. The number of benzene rings is 1. The van der Waals surface area contributed by atoms with Crippen molar-refractivity contribution in [1.29, 1.82) is 5.26 Å². The molecule has 0 spiro atoms. The van der Waals surface area contributed by atoms with E-state index < -0.39 is 5.41 Å². The summed E-state index contributed by atoms with van der Waals surface area (Å²) in [5.41, 5.74) is 0.481. The van der Waals surface area contributed by atoms with Crippen molar-refractivity contribution in [2.75, 3.05) is 0 Å². The van der Waals surface area contributed by atoms with Gasteiger partial charge in [0.25, 0.3) is 0 Å². The van der Waals surface area contributed by atoms with Crippen LogP contribution in [0.5, 0.6) is 0 Å². The van der Waals surface area contributed by atoms with Gasteiger partial charge in [-0.2, -0.15) is 5.26 Å². The molecule has 0 aliphatic heterocycles. The third kappa shape index (κ3) is 3.54. The molecule has 1 rings (SSSR count). The maximum Gasteiger partial charge on any atom is 0.178 e. The predicted molar refractivity (Wildman–Crippen MR) is 72.2 cm³/mol. The largest absolute Gasteiger partial charge is 0.293 e. The van der Waals surface area contributed by atoms with E-state index in [4.69, 9.17) is 5.26 Å². The molecule has 0 aliphatic carbocycles. The highest BCUT2D eigenvalue weighted by Gasteiger charge is 2.24. The Labute approximate surface area is 110 Å². The molecule has 0 amide bonds. The zero-order chi connectivity index (χ0) is 13.1. The SMILES string of the molecule is CC(C)(C)C(=O)C(C#N)=Cc1ccccc1Br. The van der Waals surface area contributed by atoms with Gasteiger partial charge in [0.2, 0.25) is 0 Å². The number of ketones is 1. The molecule has 0 radical (unpaired) electrons. The van der Waals surface area contributed by atoms with E-state index in [2.05, 4.69) is 15.9 Å². The average molecular weight is 292 g/mol. The maximum atomic E-state index is 12.0. The van der Waals surface area contributed by atoms with Crippen molar-refractivity contribution >= 4 is 27.8 Å². The summed E-state index contributed by atoms with van der Waals surface area (Å²) in [6, 6.07) is 9.47. The van der Waals surface area contributed by atoms with Crippen molar-refractivity contribution in [3.63, 3.8) is 0 Å². The van der Waals surface area contributed by atoms with Gasteiger partial charge in [0.05, 0.1) is 5.57 Å².